The fraction of sp³-hybridized carbons (Fsp3) is 0.348. The van der Waals surface area contributed by atoms with Gasteiger partial charge in [0, 0.05) is 18.7 Å². The number of anilines is 1. The van der Waals surface area contributed by atoms with Gasteiger partial charge in [-0.25, -0.2) is 0 Å². The molecule has 2 aliphatic rings. The molecular weight excluding hydrogens is 382 g/mol. The number of fused-ring (bicyclic) bond motifs is 1. The smallest absolute Gasteiger partial charge is 0.265 e. The molecule has 0 aliphatic carbocycles. The van der Waals surface area contributed by atoms with Crippen LogP contribution in [0.2, 0.25) is 0 Å². The Hall–Kier alpha value is -3.35. The molecule has 1 N–H and O–H groups in total. The van der Waals surface area contributed by atoms with Crippen LogP contribution in [-0.2, 0) is 9.59 Å². The molecule has 7 heteroatoms. The van der Waals surface area contributed by atoms with Crippen molar-refractivity contribution in [2.75, 3.05) is 31.1 Å². The van der Waals surface area contributed by atoms with Gasteiger partial charge in [-0.1, -0.05) is 30.3 Å². The lowest BCUT2D eigenvalue weighted by molar-refractivity contribution is -0.139. The van der Waals surface area contributed by atoms with E-state index in [-0.39, 0.29) is 30.8 Å². The van der Waals surface area contributed by atoms with E-state index in [0.717, 1.165) is 32.4 Å². The summed E-state index contributed by atoms with van der Waals surface area (Å²) in [7, 11) is 0. The number of amides is 3. The van der Waals surface area contributed by atoms with Crippen LogP contribution in [0, 0.1) is 0 Å². The van der Waals surface area contributed by atoms with Crippen molar-refractivity contribution in [2.24, 2.45) is 0 Å². The first-order valence-electron chi connectivity index (χ1n) is 10.3. The average Bonchev–Trinajstić information content (AvgIpc) is 2.82. The molecule has 1 fully saturated rings. The second-order valence-corrected chi connectivity index (χ2v) is 7.51. The molecule has 0 unspecified atom stereocenters. The molecule has 1 saturated heterocycles. The van der Waals surface area contributed by atoms with E-state index in [9.17, 15) is 14.4 Å². The molecule has 2 aromatic rings. The number of carbonyl (C=O) groups excluding carboxylic acids is 3. The van der Waals surface area contributed by atoms with Gasteiger partial charge in [-0.2, -0.15) is 0 Å². The van der Waals surface area contributed by atoms with E-state index < -0.39 is 6.10 Å². The molecule has 4 rings (SSSR count). The Balaban J connectivity index is 1.47. The third kappa shape index (κ3) is 4.30. The molecule has 0 radical (unpaired) electrons. The molecule has 2 aliphatic heterocycles. The number of hydrogen-bond donors (Lipinski definition) is 1. The molecule has 7 nitrogen and oxygen atoms in total. The maximum absolute atomic E-state index is 13.0. The van der Waals surface area contributed by atoms with Gasteiger partial charge in [0.2, 0.25) is 5.91 Å². The van der Waals surface area contributed by atoms with Crippen LogP contribution in [0.3, 0.4) is 0 Å². The summed E-state index contributed by atoms with van der Waals surface area (Å²) < 4.78 is 5.95. The average molecular weight is 407 g/mol. The number of likely N-dealkylation sites (tertiary alicyclic amines) is 1. The maximum Gasteiger partial charge on any atom is 0.265 e. The van der Waals surface area contributed by atoms with E-state index >= 15 is 0 Å². The Bertz CT molecular complexity index is 925. The van der Waals surface area contributed by atoms with Gasteiger partial charge in [-0.3, -0.25) is 14.4 Å². The zero-order valence-corrected chi connectivity index (χ0v) is 16.8. The number of carbonyl (C=O) groups is 3. The van der Waals surface area contributed by atoms with E-state index in [0.29, 0.717) is 17.0 Å². The molecular formula is C23H25N3O4. The largest absolute Gasteiger partial charge is 0.476 e. The molecule has 2 aromatic carbocycles. The first kappa shape index (κ1) is 19.9. The Morgan fingerprint density at radius 2 is 1.63 bits per heavy atom. The SMILES string of the molecule is O=C(NCC(=O)N1C[C@H](C(=O)N2CCCCC2)Oc2ccccc21)c1ccccc1. The molecule has 0 bridgehead atoms. The van der Waals surface area contributed by atoms with Crippen molar-refractivity contribution in [2.45, 2.75) is 25.4 Å². The lowest BCUT2D eigenvalue weighted by Gasteiger charge is -2.37. The highest BCUT2D eigenvalue weighted by atomic mass is 16.5. The van der Waals surface area contributed by atoms with Crippen LogP contribution in [0.1, 0.15) is 29.6 Å². The fourth-order valence-electron chi connectivity index (χ4n) is 3.86. The molecule has 0 aromatic heterocycles. The van der Waals surface area contributed by atoms with E-state index in [1.807, 2.05) is 23.1 Å². The molecule has 3 amide bonds. The third-order valence-electron chi connectivity index (χ3n) is 5.45. The predicted octanol–water partition coefficient (Wildman–Crippen LogP) is 2.22. The van der Waals surface area contributed by atoms with Gasteiger partial charge in [-0.15, -0.1) is 0 Å². The molecule has 1 atom stereocenters. The summed E-state index contributed by atoms with van der Waals surface area (Å²) in [5, 5.41) is 2.67. The van der Waals surface area contributed by atoms with Gasteiger partial charge in [0.05, 0.1) is 18.8 Å². The Labute approximate surface area is 175 Å². The number of nitrogens with zero attached hydrogens (tertiary/aromatic N) is 2. The quantitative estimate of drug-likeness (QED) is 0.843. The summed E-state index contributed by atoms with van der Waals surface area (Å²) in [4.78, 5) is 41.6. The highest BCUT2D eigenvalue weighted by Crippen LogP contribution is 2.33. The van der Waals surface area contributed by atoms with Gasteiger partial charge < -0.3 is 19.9 Å². The number of nitrogens with one attached hydrogen (secondary N) is 1. The molecule has 0 spiro atoms. The van der Waals surface area contributed by atoms with Crippen LogP contribution < -0.4 is 15.0 Å². The topological polar surface area (TPSA) is 79.0 Å². The Morgan fingerprint density at radius 1 is 0.933 bits per heavy atom. The van der Waals surface area contributed by atoms with Gasteiger partial charge in [0.15, 0.2) is 6.10 Å². The summed E-state index contributed by atoms with van der Waals surface area (Å²) in [6.07, 6.45) is 2.36. The highest BCUT2D eigenvalue weighted by Gasteiger charge is 2.36. The minimum atomic E-state index is -0.744. The lowest BCUT2D eigenvalue weighted by Crippen LogP contribution is -2.54. The maximum atomic E-state index is 13.0. The number of benzene rings is 2. The van der Waals surface area contributed by atoms with Gasteiger partial charge in [0.1, 0.15) is 5.75 Å². The van der Waals surface area contributed by atoms with Crippen LogP contribution in [-0.4, -0.2) is 54.9 Å². The van der Waals surface area contributed by atoms with E-state index in [1.54, 1.807) is 36.4 Å². The summed E-state index contributed by atoms with van der Waals surface area (Å²) >= 11 is 0. The number of ether oxygens (including phenoxy) is 1. The Morgan fingerprint density at radius 3 is 2.40 bits per heavy atom. The van der Waals surface area contributed by atoms with Crippen LogP contribution in [0.25, 0.3) is 0 Å². The zero-order valence-electron chi connectivity index (χ0n) is 16.8. The fourth-order valence-corrected chi connectivity index (χ4v) is 3.86. The van der Waals surface area contributed by atoms with Gasteiger partial charge >= 0.3 is 0 Å². The number of rotatable bonds is 4. The van der Waals surface area contributed by atoms with Gasteiger partial charge in [-0.05, 0) is 43.5 Å². The van der Waals surface area contributed by atoms with E-state index in [4.69, 9.17) is 4.74 Å². The second kappa shape index (κ2) is 8.98. The first-order chi connectivity index (χ1) is 14.6. The first-order valence-corrected chi connectivity index (χ1v) is 10.3. The summed E-state index contributed by atoms with van der Waals surface area (Å²) in [5.41, 5.74) is 1.10. The van der Waals surface area contributed by atoms with Crippen LogP contribution in [0.15, 0.2) is 54.6 Å². The number of hydrogen-bond acceptors (Lipinski definition) is 4. The standard InChI is InChI=1S/C23H25N3O4/c27-21(15-24-22(28)17-9-3-1-4-10-17)26-16-20(23(29)25-13-7-2-8-14-25)30-19-12-6-5-11-18(19)26/h1,3-6,9-12,20H,2,7-8,13-16H2,(H,24,28)/t20-/m1/s1. The lowest BCUT2D eigenvalue weighted by atomic mass is 10.1. The second-order valence-electron chi connectivity index (χ2n) is 7.51. The number of piperidine rings is 1. The normalized spacial score (nSPS) is 18.2. The summed E-state index contributed by atoms with van der Waals surface area (Å²) in [6.45, 7) is 1.42. The van der Waals surface area contributed by atoms with Crippen molar-refractivity contribution in [1.29, 1.82) is 0 Å². The zero-order chi connectivity index (χ0) is 20.9. The van der Waals surface area contributed by atoms with Crippen molar-refractivity contribution < 1.29 is 19.1 Å². The van der Waals surface area contributed by atoms with Crippen molar-refractivity contribution >= 4 is 23.4 Å². The minimum Gasteiger partial charge on any atom is -0.476 e. The van der Waals surface area contributed by atoms with Crippen molar-refractivity contribution in [3.05, 3.63) is 60.2 Å². The van der Waals surface area contributed by atoms with E-state index in [2.05, 4.69) is 5.32 Å². The van der Waals surface area contributed by atoms with Crippen LogP contribution >= 0.6 is 0 Å². The highest BCUT2D eigenvalue weighted by molar-refractivity contribution is 6.02. The predicted molar refractivity (Wildman–Crippen MR) is 112 cm³/mol. The number of para-hydroxylation sites is 2. The minimum absolute atomic E-state index is 0.0877. The Kier molecular flexibility index (Phi) is 5.97. The summed E-state index contributed by atoms with van der Waals surface area (Å²) in [6, 6.07) is 15.9. The van der Waals surface area contributed by atoms with Crippen LogP contribution in [0.4, 0.5) is 5.69 Å². The third-order valence-corrected chi connectivity index (χ3v) is 5.45. The molecule has 2 heterocycles. The van der Waals surface area contributed by atoms with Crippen molar-refractivity contribution in [3.8, 4) is 5.75 Å². The van der Waals surface area contributed by atoms with Crippen molar-refractivity contribution in [3.63, 3.8) is 0 Å². The van der Waals surface area contributed by atoms with Crippen molar-refractivity contribution in [1.82, 2.24) is 10.2 Å². The van der Waals surface area contributed by atoms with E-state index in [1.165, 1.54) is 4.90 Å². The molecule has 30 heavy (non-hydrogen) atoms. The molecule has 156 valence electrons. The van der Waals surface area contributed by atoms with Gasteiger partial charge in [0.25, 0.3) is 11.8 Å². The molecule has 0 saturated carbocycles. The summed E-state index contributed by atoms with van der Waals surface area (Å²) in [5.74, 6) is -0.185. The van der Waals surface area contributed by atoms with Crippen LogP contribution in [0.5, 0.6) is 5.75 Å². The monoisotopic (exact) mass is 407 g/mol.